The number of halogens is 1. The molecule has 3 nitrogen and oxygen atoms in total. The second-order valence-corrected chi connectivity index (χ2v) is 3.97. The van der Waals surface area contributed by atoms with Crippen LogP contribution in [0.5, 0.6) is 0 Å². The van der Waals surface area contributed by atoms with Crippen LogP contribution < -0.4 is 5.73 Å². The molecular weight excluding hydrogens is 207 g/mol. The summed E-state index contributed by atoms with van der Waals surface area (Å²) in [5.41, 5.74) is 6.25. The topological polar surface area (TPSA) is 49.5 Å². The van der Waals surface area contributed by atoms with Gasteiger partial charge >= 0.3 is 0 Å². The number of hydrogen-bond acceptors (Lipinski definition) is 3. The Morgan fingerprint density at radius 3 is 2.56 bits per heavy atom. The summed E-state index contributed by atoms with van der Waals surface area (Å²) in [4.78, 5) is 1.89. The van der Waals surface area contributed by atoms with E-state index in [1.54, 1.807) is 18.2 Å². The molecule has 0 fully saturated rings. The molecule has 0 saturated carbocycles. The van der Waals surface area contributed by atoms with Crippen LogP contribution in [-0.4, -0.2) is 36.2 Å². The standard InChI is InChI=1S/C12H19FN2O/c1-9(8-16)15(2)12(7-14)10-5-3-4-6-11(10)13/h3-6,9,12,16H,7-8,14H2,1-2H3. The third-order valence-corrected chi connectivity index (χ3v) is 2.94. The highest BCUT2D eigenvalue weighted by Crippen LogP contribution is 2.22. The molecule has 0 bridgehead atoms. The Kier molecular flexibility index (Phi) is 4.86. The fourth-order valence-electron chi connectivity index (χ4n) is 1.69. The van der Waals surface area contributed by atoms with Crippen LogP contribution in [0.2, 0.25) is 0 Å². The average molecular weight is 226 g/mol. The Bertz CT molecular complexity index is 333. The van der Waals surface area contributed by atoms with E-state index in [2.05, 4.69) is 0 Å². The SMILES string of the molecule is CC(CO)N(C)C(CN)c1ccccc1F. The molecule has 1 aromatic rings. The van der Waals surface area contributed by atoms with Gasteiger partial charge in [-0.05, 0) is 20.0 Å². The molecule has 0 amide bonds. The lowest BCUT2D eigenvalue weighted by molar-refractivity contribution is 0.121. The molecule has 1 aromatic carbocycles. The van der Waals surface area contributed by atoms with Gasteiger partial charge in [0.15, 0.2) is 0 Å². The highest BCUT2D eigenvalue weighted by Gasteiger charge is 2.21. The molecule has 16 heavy (non-hydrogen) atoms. The molecule has 2 atom stereocenters. The summed E-state index contributed by atoms with van der Waals surface area (Å²) >= 11 is 0. The Morgan fingerprint density at radius 1 is 1.44 bits per heavy atom. The first-order chi connectivity index (χ1) is 7.61. The first-order valence-electron chi connectivity index (χ1n) is 5.39. The molecule has 2 unspecified atom stereocenters. The van der Waals surface area contributed by atoms with E-state index in [1.165, 1.54) is 6.07 Å². The fraction of sp³-hybridized carbons (Fsp3) is 0.500. The van der Waals surface area contributed by atoms with Gasteiger partial charge in [0, 0.05) is 24.2 Å². The third kappa shape index (κ3) is 2.78. The van der Waals surface area contributed by atoms with E-state index in [0.29, 0.717) is 12.1 Å². The number of hydrogen-bond donors (Lipinski definition) is 2. The van der Waals surface area contributed by atoms with Gasteiger partial charge in [-0.2, -0.15) is 0 Å². The Balaban J connectivity index is 2.94. The van der Waals surface area contributed by atoms with Gasteiger partial charge in [-0.3, -0.25) is 4.90 Å². The summed E-state index contributed by atoms with van der Waals surface area (Å²) in [6, 6.07) is 6.35. The second-order valence-electron chi connectivity index (χ2n) is 3.97. The number of aliphatic hydroxyl groups excluding tert-OH is 1. The second kappa shape index (κ2) is 5.94. The van der Waals surface area contributed by atoms with E-state index >= 15 is 0 Å². The lowest BCUT2D eigenvalue weighted by Gasteiger charge is -2.31. The van der Waals surface area contributed by atoms with Gasteiger partial charge in [0.1, 0.15) is 5.82 Å². The summed E-state index contributed by atoms with van der Waals surface area (Å²) in [6.07, 6.45) is 0. The van der Waals surface area contributed by atoms with E-state index in [0.717, 1.165) is 0 Å². The Morgan fingerprint density at radius 2 is 2.06 bits per heavy atom. The average Bonchev–Trinajstić information content (AvgIpc) is 2.31. The minimum absolute atomic E-state index is 0.0292. The maximum absolute atomic E-state index is 13.6. The van der Waals surface area contributed by atoms with Crippen LogP contribution in [0, 0.1) is 5.82 Å². The molecule has 0 aromatic heterocycles. The van der Waals surface area contributed by atoms with Crippen LogP contribution in [0.3, 0.4) is 0 Å². The van der Waals surface area contributed by atoms with Crippen molar-refractivity contribution in [2.75, 3.05) is 20.2 Å². The van der Waals surface area contributed by atoms with Crippen molar-refractivity contribution in [3.05, 3.63) is 35.6 Å². The number of likely N-dealkylation sites (N-methyl/N-ethyl adjacent to an activating group) is 1. The lowest BCUT2D eigenvalue weighted by atomic mass is 10.0. The van der Waals surface area contributed by atoms with E-state index in [9.17, 15) is 4.39 Å². The van der Waals surface area contributed by atoms with Crippen LogP contribution in [0.25, 0.3) is 0 Å². The van der Waals surface area contributed by atoms with Crippen LogP contribution in [0.1, 0.15) is 18.5 Å². The van der Waals surface area contributed by atoms with Crippen molar-refractivity contribution in [1.29, 1.82) is 0 Å². The summed E-state index contributed by atoms with van der Waals surface area (Å²) in [5, 5.41) is 9.09. The minimum Gasteiger partial charge on any atom is -0.395 e. The van der Waals surface area contributed by atoms with Gasteiger partial charge in [0.25, 0.3) is 0 Å². The predicted molar refractivity (Wildman–Crippen MR) is 62.5 cm³/mol. The minimum atomic E-state index is -0.255. The maximum Gasteiger partial charge on any atom is 0.128 e. The molecule has 0 aliphatic rings. The van der Waals surface area contributed by atoms with Crippen molar-refractivity contribution >= 4 is 0 Å². The number of aliphatic hydroxyl groups is 1. The fourth-order valence-corrected chi connectivity index (χ4v) is 1.69. The van der Waals surface area contributed by atoms with E-state index < -0.39 is 0 Å². The summed E-state index contributed by atoms with van der Waals surface area (Å²) in [5.74, 6) is -0.255. The van der Waals surface area contributed by atoms with Crippen LogP contribution in [0.4, 0.5) is 4.39 Å². The Labute approximate surface area is 95.7 Å². The summed E-state index contributed by atoms with van der Waals surface area (Å²) in [6.45, 7) is 2.23. The van der Waals surface area contributed by atoms with Crippen molar-refractivity contribution < 1.29 is 9.50 Å². The van der Waals surface area contributed by atoms with Gasteiger partial charge in [0.2, 0.25) is 0 Å². The summed E-state index contributed by atoms with van der Waals surface area (Å²) in [7, 11) is 1.84. The monoisotopic (exact) mass is 226 g/mol. The number of nitrogens with two attached hydrogens (primary N) is 1. The molecule has 3 N–H and O–H groups in total. The quantitative estimate of drug-likeness (QED) is 0.791. The molecule has 0 aliphatic heterocycles. The maximum atomic E-state index is 13.6. The number of nitrogens with zero attached hydrogens (tertiary/aromatic N) is 1. The van der Waals surface area contributed by atoms with Crippen LogP contribution >= 0.6 is 0 Å². The van der Waals surface area contributed by atoms with E-state index in [4.69, 9.17) is 10.8 Å². The van der Waals surface area contributed by atoms with Crippen molar-refractivity contribution in [1.82, 2.24) is 4.90 Å². The first kappa shape index (κ1) is 13.1. The molecule has 0 radical (unpaired) electrons. The zero-order valence-electron chi connectivity index (χ0n) is 9.73. The molecule has 0 spiro atoms. The van der Waals surface area contributed by atoms with Gasteiger partial charge < -0.3 is 10.8 Å². The van der Waals surface area contributed by atoms with Gasteiger partial charge in [-0.25, -0.2) is 4.39 Å². The van der Waals surface area contributed by atoms with Crippen molar-refractivity contribution in [3.8, 4) is 0 Å². The molecule has 4 heteroatoms. The molecule has 0 saturated heterocycles. The predicted octanol–water partition coefficient (Wildman–Crippen LogP) is 1.14. The highest BCUT2D eigenvalue weighted by atomic mass is 19.1. The van der Waals surface area contributed by atoms with E-state index in [-0.39, 0.29) is 24.5 Å². The zero-order valence-corrected chi connectivity index (χ0v) is 9.73. The summed E-state index contributed by atoms with van der Waals surface area (Å²) < 4.78 is 13.6. The van der Waals surface area contributed by atoms with Crippen molar-refractivity contribution in [2.45, 2.75) is 19.0 Å². The largest absolute Gasteiger partial charge is 0.395 e. The lowest BCUT2D eigenvalue weighted by Crippen LogP contribution is -2.39. The smallest absolute Gasteiger partial charge is 0.128 e. The molecule has 1 rings (SSSR count). The van der Waals surface area contributed by atoms with Gasteiger partial charge in [-0.1, -0.05) is 18.2 Å². The molecule has 0 aliphatic carbocycles. The number of benzene rings is 1. The van der Waals surface area contributed by atoms with E-state index in [1.807, 2.05) is 18.9 Å². The molecule has 90 valence electrons. The van der Waals surface area contributed by atoms with Crippen molar-refractivity contribution in [2.24, 2.45) is 5.73 Å². The van der Waals surface area contributed by atoms with Gasteiger partial charge in [0.05, 0.1) is 6.61 Å². The third-order valence-electron chi connectivity index (χ3n) is 2.94. The van der Waals surface area contributed by atoms with Crippen LogP contribution in [-0.2, 0) is 0 Å². The Hall–Kier alpha value is -0.970. The van der Waals surface area contributed by atoms with Crippen molar-refractivity contribution in [3.63, 3.8) is 0 Å². The molecule has 0 heterocycles. The van der Waals surface area contributed by atoms with Crippen LogP contribution in [0.15, 0.2) is 24.3 Å². The van der Waals surface area contributed by atoms with Gasteiger partial charge in [-0.15, -0.1) is 0 Å². The first-order valence-corrected chi connectivity index (χ1v) is 5.39. The molecular formula is C12H19FN2O. The zero-order chi connectivity index (χ0) is 12.1. The highest BCUT2D eigenvalue weighted by molar-refractivity contribution is 5.21. The number of rotatable bonds is 5. The normalized spacial score (nSPS) is 15.1.